The van der Waals surface area contributed by atoms with Crippen LogP contribution in [0.25, 0.3) is 0 Å². The van der Waals surface area contributed by atoms with Crippen molar-refractivity contribution in [2.45, 2.75) is 32.7 Å². The fourth-order valence-corrected chi connectivity index (χ4v) is 1.73. The van der Waals surface area contributed by atoms with Gasteiger partial charge < -0.3 is 10.6 Å². The first-order valence-electron chi connectivity index (χ1n) is 5.83. The first-order chi connectivity index (χ1) is 7.74. The molecule has 0 saturated heterocycles. The molecule has 0 amide bonds. The van der Waals surface area contributed by atoms with E-state index >= 15 is 0 Å². The number of hydrogen-bond acceptors (Lipinski definition) is 1. The van der Waals surface area contributed by atoms with Crippen molar-refractivity contribution in [3.8, 4) is 0 Å². The summed E-state index contributed by atoms with van der Waals surface area (Å²) in [7, 11) is 0. The van der Waals surface area contributed by atoms with Crippen molar-refractivity contribution in [1.29, 1.82) is 0 Å². The van der Waals surface area contributed by atoms with E-state index in [0.29, 0.717) is 0 Å². The monoisotopic (exact) mass is 236 g/mol. The Morgan fingerprint density at radius 3 is 2.62 bits per heavy atom. The molecular weight excluding hydrogens is 216 g/mol. The molecule has 0 unspecified atom stereocenters. The van der Waals surface area contributed by atoms with Gasteiger partial charge in [0, 0.05) is 6.54 Å². The first kappa shape index (κ1) is 13.0. The summed E-state index contributed by atoms with van der Waals surface area (Å²) in [6, 6.07) is 10.6. The fraction of sp³-hybridized carbons (Fsp3) is 0.462. The highest BCUT2D eigenvalue weighted by Crippen LogP contribution is 2.10. The molecule has 2 nitrogen and oxygen atoms in total. The lowest BCUT2D eigenvalue weighted by molar-refractivity contribution is 0.683. The molecule has 0 aromatic heterocycles. The Balaban J connectivity index is 2.34. The van der Waals surface area contributed by atoms with Crippen molar-refractivity contribution >= 4 is 17.3 Å². The number of nitrogens with one attached hydrogen (secondary N) is 2. The van der Waals surface area contributed by atoms with Gasteiger partial charge in [-0.3, -0.25) is 0 Å². The number of benzene rings is 1. The van der Waals surface area contributed by atoms with Gasteiger partial charge >= 0.3 is 0 Å². The van der Waals surface area contributed by atoms with Crippen molar-refractivity contribution < 1.29 is 0 Å². The van der Waals surface area contributed by atoms with Crippen molar-refractivity contribution in [3.63, 3.8) is 0 Å². The Morgan fingerprint density at radius 2 is 2.00 bits per heavy atom. The van der Waals surface area contributed by atoms with Gasteiger partial charge in [-0.2, -0.15) is 0 Å². The summed E-state index contributed by atoms with van der Waals surface area (Å²) in [5.74, 6) is 0. The lowest BCUT2D eigenvalue weighted by Crippen LogP contribution is -2.37. The summed E-state index contributed by atoms with van der Waals surface area (Å²) in [4.78, 5) is 0. The van der Waals surface area contributed by atoms with Crippen LogP contribution < -0.4 is 10.6 Å². The summed E-state index contributed by atoms with van der Waals surface area (Å²) >= 11 is 5.22. The second-order valence-electron chi connectivity index (χ2n) is 3.89. The van der Waals surface area contributed by atoms with Crippen LogP contribution in [0.4, 0.5) is 0 Å². The first-order valence-corrected chi connectivity index (χ1v) is 6.24. The van der Waals surface area contributed by atoms with Gasteiger partial charge in [0.1, 0.15) is 0 Å². The maximum Gasteiger partial charge on any atom is 0.166 e. The van der Waals surface area contributed by atoms with Gasteiger partial charge in [-0.05, 0) is 31.1 Å². The van der Waals surface area contributed by atoms with E-state index in [0.717, 1.165) is 18.1 Å². The molecule has 0 aliphatic heterocycles. The zero-order valence-corrected chi connectivity index (χ0v) is 10.8. The quantitative estimate of drug-likeness (QED) is 0.607. The summed E-state index contributed by atoms with van der Waals surface area (Å²) in [6.45, 7) is 5.23. The molecule has 1 aromatic rings. The third kappa shape index (κ3) is 4.62. The molecule has 2 N–H and O–H groups in total. The highest BCUT2D eigenvalue weighted by molar-refractivity contribution is 7.80. The van der Waals surface area contributed by atoms with E-state index in [4.69, 9.17) is 12.2 Å². The van der Waals surface area contributed by atoms with Crippen molar-refractivity contribution in [1.82, 2.24) is 10.6 Å². The van der Waals surface area contributed by atoms with Crippen molar-refractivity contribution in [3.05, 3.63) is 35.9 Å². The van der Waals surface area contributed by atoms with E-state index in [2.05, 4.69) is 36.6 Å². The highest BCUT2D eigenvalue weighted by atomic mass is 32.1. The predicted molar refractivity (Wildman–Crippen MR) is 73.5 cm³/mol. The van der Waals surface area contributed by atoms with Crippen LogP contribution in [0, 0.1) is 0 Å². The van der Waals surface area contributed by atoms with E-state index in [1.165, 1.54) is 12.0 Å². The number of thiocarbonyl (C=S) groups is 1. The fourth-order valence-electron chi connectivity index (χ4n) is 1.45. The molecule has 16 heavy (non-hydrogen) atoms. The van der Waals surface area contributed by atoms with Gasteiger partial charge in [0.2, 0.25) is 0 Å². The molecule has 1 rings (SSSR count). The molecule has 0 saturated carbocycles. The van der Waals surface area contributed by atoms with Crippen LogP contribution in [-0.4, -0.2) is 11.7 Å². The van der Waals surface area contributed by atoms with Crippen LogP contribution in [0.1, 0.15) is 38.3 Å². The number of hydrogen-bond donors (Lipinski definition) is 2. The topological polar surface area (TPSA) is 24.1 Å². The SMILES string of the molecule is CCCCNC(=S)N[C@@H](C)c1ccccc1. The molecule has 0 aliphatic rings. The van der Waals surface area contributed by atoms with Gasteiger partial charge in [-0.25, -0.2) is 0 Å². The molecule has 0 spiro atoms. The van der Waals surface area contributed by atoms with E-state index in [1.807, 2.05) is 18.2 Å². The second-order valence-corrected chi connectivity index (χ2v) is 4.29. The van der Waals surface area contributed by atoms with E-state index in [1.54, 1.807) is 0 Å². The lowest BCUT2D eigenvalue weighted by Gasteiger charge is -2.17. The number of rotatable bonds is 5. The van der Waals surface area contributed by atoms with Gasteiger partial charge in [0.05, 0.1) is 6.04 Å². The maximum absolute atomic E-state index is 5.22. The minimum atomic E-state index is 0.253. The Bertz CT molecular complexity index is 311. The van der Waals surface area contributed by atoms with Crippen molar-refractivity contribution in [2.24, 2.45) is 0 Å². The average molecular weight is 236 g/mol. The van der Waals surface area contributed by atoms with Crippen LogP contribution >= 0.6 is 12.2 Å². The van der Waals surface area contributed by atoms with E-state index in [9.17, 15) is 0 Å². The average Bonchev–Trinajstić information content (AvgIpc) is 2.30. The van der Waals surface area contributed by atoms with Crippen LogP contribution in [0.15, 0.2) is 30.3 Å². The zero-order chi connectivity index (χ0) is 11.8. The highest BCUT2D eigenvalue weighted by Gasteiger charge is 2.05. The standard InChI is InChI=1S/C13H20N2S/c1-3-4-10-14-13(16)15-11(2)12-8-6-5-7-9-12/h5-9,11H,3-4,10H2,1-2H3,(H2,14,15,16)/t11-/m0/s1. The Labute approximate surface area is 103 Å². The Hall–Kier alpha value is -1.09. The molecule has 1 aromatic carbocycles. The van der Waals surface area contributed by atoms with Crippen LogP contribution in [0.2, 0.25) is 0 Å². The zero-order valence-electron chi connectivity index (χ0n) is 9.99. The van der Waals surface area contributed by atoms with E-state index < -0.39 is 0 Å². The van der Waals surface area contributed by atoms with Crippen LogP contribution in [-0.2, 0) is 0 Å². The summed E-state index contributed by atoms with van der Waals surface area (Å²) in [5, 5.41) is 7.22. The van der Waals surface area contributed by atoms with Crippen LogP contribution in [0.5, 0.6) is 0 Å². The smallest absolute Gasteiger partial charge is 0.166 e. The summed E-state index contributed by atoms with van der Waals surface area (Å²) < 4.78 is 0. The lowest BCUT2D eigenvalue weighted by atomic mass is 10.1. The molecule has 0 aliphatic carbocycles. The predicted octanol–water partition coefficient (Wildman–Crippen LogP) is 3.01. The van der Waals surface area contributed by atoms with E-state index in [-0.39, 0.29) is 6.04 Å². The molecular formula is C13H20N2S. The Kier molecular flexibility index (Phi) is 5.86. The molecule has 0 fully saturated rings. The van der Waals surface area contributed by atoms with Crippen LogP contribution in [0.3, 0.4) is 0 Å². The molecule has 0 heterocycles. The van der Waals surface area contributed by atoms with Gasteiger partial charge in [0.25, 0.3) is 0 Å². The molecule has 3 heteroatoms. The molecule has 88 valence electrons. The summed E-state index contributed by atoms with van der Waals surface area (Å²) in [5.41, 5.74) is 1.25. The summed E-state index contributed by atoms with van der Waals surface area (Å²) in [6.07, 6.45) is 2.34. The maximum atomic E-state index is 5.22. The largest absolute Gasteiger partial charge is 0.363 e. The van der Waals surface area contributed by atoms with Gasteiger partial charge in [-0.1, -0.05) is 43.7 Å². The molecule has 0 bridgehead atoms. The number of unbranched alkanes of at least 4 members (excludes halogenated alkanes) is 1. The van der Waals surface area contributed by atoms with Crippen molar-refractivity contribution in [2.75, 3.05) is 6.54 Å². The Morgan fingerprint density at radius 1 is 1.31 bits per heavy atom. The minimum Gasteiger partial charge on any atom is -0.363 e. The molecule has 0 radical (unpaired) electrons. The van der Waals surface area contributed by atoms with Gasteiger partial charge in [0.15, 0.2) is 5.11 Å². The second kappa shape index (κ2) is 7.23. The third-order valence-corrected chi connectivity index (χ3v) is 2.73. The third-order valence-electron chi connectivity index (χ3n) is 2.46. The normalized spacial score (nSPS) is 11.9. The molecule has 1 atom stereocenters. The minimum absolute atomic E-state index is 0.253. The van der Waals surface area contributed by atoms with Gasteiger partial charge in [-0.15, -0.1) is 0 Å².